The quantitative estimate of drug-likeness (QED) is 0.546. The summed E-state index contributed by atoms with van der Waals surface area (Å²) < 4.78 is 14.8. The number of rotatable bonds is 8. The molecule has 0 bridgehead atoms. The summed E-state index contributed by atoms with van der Waals surface area (Å²) in [5, 5.41) is 7.44. The Morgan fingerprint density at radius 1 is 1.25 bits per heavy atom. The number of nitrogen functional groups attached to an aromatic ring is 1. The maximum absolute atomic E-state index is 14.5. The Morgan fingerprint density at radius 3 is 2.25 bits per heavy atom. The molecule has 0 aliphatic rings. The van der Waals surface area contributed by atoms with Crippen LogP contribution in [0.4, 0.5) is 10.1 Å². The molecule has 20 heavy (non-hydrogen) atoms. The number of nitrogens with one attached hydrogen (secondary N) is 1. The van der Waals surface area contributed by atoms with Gasteiger partial charge < -0.3 is 10.6 Å². The molecule has 0 heterocycles. The van der Waals surface area contributed by atoms with Crippen LogP contribution in [0, 0.1) is 11.2 Å². The normalized spacial score (nSPS) is 10.6. The van der Waals surface area contributed by atoms with Crippen molar-refractivity contribution in [1.82, 2.24) is 0 Å². The van der Waals surface area contributed by atoms with Gasteiger partial charge >= 0.3 is 0 Å². The fourth-order valence-electron chi connectivity index (χ4n) is 2.04. The van der Waals surface area contributed by atoms with Gasteiger partial charge in [0, 0.05) is 18.7 Å². The first kappa shape index (κ1) is 17.0. The van der Waals surface area contributed by atoms with Crippen LogP contribution in [-0.4, -0.2) is 18.9 Å². The Kier molecular flexibility index (Phi) is 6.99. The number of nitrogens with two attached hydrogens (primary N) is 1. The summed E-state index contributed by atoms with van der Waals surface area (Å²) >= 11 is 3.21. The van der Waals surface area contributed by atoms with Gasteiger partial charge in [-0.25, -0.2) is 4.39 Å². The van der Waals surface area contributed by atoms with Crippen molar-refractivity contribution in [3.05, 3.63) is 28.0 Å². The zero-order chi connectivity index (χ0) is 15.1. The first-order valence-corrected chi connectivity index (χ1v) is 7.89. The second-order valence-corrected chi connectivity index (χ2v) is 5.66. The number of benzene rings is 1. The molecule has 0 amide bonds. The second-order valence-electron chi connectivity index (χ2n) is 4.87. The molecular formula is C15H23BrFN3. The van der Waals surface area contributed by atoms with Crippen LogP contribution in [0.3, 0.4) is 0 Å². The Labute approximate surface area is 129 Å². The second kappa shape index (κ2) is 8.25. The molecule has 1 aromatic rings. The van der Waals surface area contributed by atoms with Gasteiger partial charge in [-0.2, -0.15) is 0 Å². The summed E-state index contributed by atoms with van der Waals surface area (Å²) in [7, 11) is 0. The highest BCUT2D eigenvalue weighted by Crippen LogP contribution is 2.29. The van der Waals surface area contributed by atoms with Crippen LogP contribution in [0.1, 0.15) is 45.1 Å². The van der Waals surface area contributed by atoms with Gasteiger partial charge in [-0.3, -0.25) is 5.41 Å². The van der Waals surface area contributed by atoms with Crippen LogP contribution < -0.4 is 10.6 Å². The minimum absolute atomic E-state index is 0.129. The Bertz CT molecular complexity index is 455. The fraction of sp³-hybridized carbons (Fsp3) is 0.533. The molecule has 0 aromatic heterocycles. The van der Waals surface area contributed by atoms with Gasteiger partial charge in [-0.15, -0.1) is 0 Å². The Hall–Kier alpha value is -1.10. The van der Waals surface area contributed by atoms with Crippen molar-refractivity contribution in [2.24, 2.45) is 5.73 Å². The molecule has 3 nitrogen and oxygen atoms in total. The molecule has 1 aromatic carbocycles. The summed E-state index contributed by atoms with van der Waals surface area (Å²) in [5.41, 5.74) is 6.43. The summed E-state index contributed by atoms with van der Waals surface area (Å²) in [4.78, 5) is 2.08. The van der Waals surface area contributed by atoms with Gasteiger partial charge in [0.05, 0.1) is 10.2 Å². The minimum atomic E-state index is -0.329. The molecule has 0 fully saturated rings. The summed E-state index contributed by atoms with van der Waals surface area (Å²) in [6.45, 7) is 5.95. The number of halogens is 2. The molecular weight excluding hydrogens is 321 g/mol. The maximum Gasteiger partial charge on any atom is 0.161 e. The number of anilines is 1. The standard InChI is InChI=1S/C15H23BrFN3/c1-3-5-9-20(10-6-4-2)12-8-7-11(15(18)19)13(16)14(12)17/h7-8H,3-6,9-10H2,1-2H3,(H3,18,19). The van der Waals surface area contributed by atoms with E-state index in [1.165, 1.54) is 0 Å². The molecule has 0 saturated carbocycles. The fourth-order valence-corrected chi connectivity index (χ4v) is 2.59. The average Bonchev–Trinajstić information content (AvgIpc) is 2.42. The van der Waals surface area contributed by atoms with E-state index in [2.05, 4.69) is 34.7 Å². The lowest BCUT2D eigenvalue weighted by atomic mass is 10.1. The van der Waals surface area contributed by atoms with Crippen molar-refractivity contribution < 1.29 is 4.39 Å². The minimum Gasteiger partial charge on any atom is -0.384 e. The van der Waals surface area contributed by atoms with Crippen molar-refractivity contribution >= 4 is 27.5 Å². The van der Waals surface area contributed by atoms with Crippen molar-refractivity contribution in [3.63, 3.8) is 0 Å². The number of unbranched alkanes of at least 4 members (excludes halogenated alkanes) is 2. The third kappa shape index (κ3) is 4.20. The summed E-state index contributed by atoms with van der Waals surface area (Å²) in [5.74, 6) is -0.458. The van der Waals surface area contributed by atoms with Gasteiger partial charge in [-0.1, -0.05) is 26.7 Å². The summed E-state index contributed by atoms with van der Waals surface area (Å²) in [6, 6.07) is 3.43. The van der Waals surface area contributed by atoms with Crippen LogP contribution in [0.15, 0.2) is 16.6 Å². The average molecular weight is 344 g/mol. The number of hydrogen-bond donors (Lipinski definition) is 2. The lowest BCUT2D eigenvalue weighted by molar-refractivity contribution is 0.599. The largest absolute Gasteiger partial charge is 0.384 e. The zero-order valence-corrected chi connectivity index (χ0v) is 13.8. The zero-order valence-electron chi connectivity index (χ0n) is 12.2. The van der Waals surface area contributed by atoms with E-state index in [9.17, 15) is 4.39 Å². The highest BCUT2D eigenvalue weighted by Gasteiger charge is 2.17. The third-order valence-corrected chi connectivity index (χ3v) is 4.03. The summed E-state index contributed by atoms with van der Waals surface area (Å²) in [6.07, 6.45) is 4.23. The Balaban J connectivity index is 3.06. The van der Waals surface area contributed by atoms with Crippen LogP contribution in [0.25, 0.3) is 0 Å². The topological polar surface area (TPSA) is 53.1 Å². The molecule has 0 aliphatic carbocycles. The SMILES string of the molecule is CCCCN(CCCC)c1ccc(C(=N)N)c(Br)c1F. The molecule has 0 spiro atoms. The van der Waals surface area contributed by atoms with E-state index in [1.807, 2.05) is 0 Å². The monoisotopic (exact) mass is 343 g/mol. The smallest absolute Gasteiger partial charge is 0.161 e. The van der Waals surface area contributed by atoms with E-state index in [0.29, 0.717) is 11.3 Å². The number of hydrogen-bond acceptors (Lipinski definition) is 2. The predicted molar refractivity (Wildman–Crippen MR) is 87.1 cm³/mol. The highest BCUT2D eigenvalue weighted by atomic mass is 79.9. The van der Waals surface area contributed by atoms with Crippen molar-refractivity contribution in [1.29, 1.82) is 5.41 Å². The van der Waals surface area contributed by atoms with Crippen LogP contribution in [-0.2, 0) is 0 Å². The maximum atomic E-state index is 14.5. The van der Waals surface area contributed by atoms with Crippen molar-refractivity contribution in [2.75, 3.05) is 18.0 Å². The van der Waals surface area contributed by atoms with Crippen molar-refractivity contribution in [3.8, 4) is 0 Å². The Morgan fingerprint density at radius 2 is 1.80 bits per heavy atom. The molecule has 112 valence electrons. The number of amidine groups is 1. The van der Waals surface area contributed by atoms with Gasteiger partial charge in [0.2, 0.25) is 0 Å². The molecule has 5 heteroatoms. The van der Waals surface area contributed by atoms with Gasteiger partial charge in [0.1, 0.15) is 5.84 Å². The first-order valence-electron chi connectivity index (χ1n) is 7.10. The van der Waals surface area contributed by atoms with E-state index < -0.39 is 0 Å². The van der Waals surface area contributed by atoms with Gasteiger partial charge in [-0.05, 0) is 40.9 Å². The highest BCUT2D eigenvalue weighted by molar-refractivity contribution is 9.10. The third-order valence-electron chi connectivity index (χ3n) is 3.26. The molecule has 0 radical (unpaired) electrons. The molecule has 3 N–H and O–H groups in total. The van der Waals surface area contributed by atoms with E-state index >= 15 is 0 Å². The van der Waals surface area contributed by atoms with E-state index in [0.717, 1.165) is 38.8 Å². The van der Waals surface area contributed by atoms with E-state index in [4.69, 9.17) is 11.1 Å². The van der Waals surface area contributed by atoms with Gasteiger partial charge in [0.15, 0.2) is 5.82 Å². The first-order chi connectivity index (χ1) is 9.52. The molecule has 0 unspecified atom stereocenters. The van der Waals surface area contributed by atoms with E-state index in [-0.39, 0.29) is 16.1 Å². The predicted octanol–water partition coefficient (Wildman–Crippen LogP) is 4.28. The van der Waals surface area contributed by atoms with Gasteiger partial charge in [0.25, 0.3) is 0 Å². The van der Waals surface area contributed by atoms with E-state index in [1.54, 1.807) is 12.1 Å². The molecule has 0 saturated heterocycles. The number of nitrogens with zero attached hydrogens (tertiary/aromatic N) is 1. The lowest BCUT2D eigenvalue weighted by Crippen LogP contribution is -2.27. The van der Waals surface area contributed by atoms with Crippen molar-refractivity contribution in [2.45, 2.75) is 39.5 Å². The van der Waals surface area contributed by atoms with Crippen LogP contribution in [0.2, 0.25) is 0 Å². The molecule has 0 atom stereocenters. The molecule has 1 rings (SSSR count). The lowest BCUT2D eigenvalue weighted by Gasteiger charge is -2.26. The van der Waals surface area contributed by atoms with Crippen LogP contribution >= 0.6 is 15.9 Å². The molecule has 0 aliphatic heterocycles. The van der Waals surface area contributed by atoms with Crippen LogP contribution in [0.5, 0.6) is 0 Å².